The number of aryl methyl sites for hydroxylation is 1. The van der Waals surface area contributed by atoms with Gasteiger partial charge in [0.05, 0.1) is 12.0 Å². The zero-order chi connectivity index (χ0) is 14.6. The van der Waals surface area contributed by atoms with E-state index in [-0.39, 0.29) is 5.91 Å². The fraction of sp³-hybridized carbons (Fsp3) is 0.533. The number of amides is 1. The average molecular weight is 341 g/mol. The molecule has 0 aliphatic carbocycles. The second-order valence-electron chi connectivity index (χ2n) is 5.43. The summed E-state index contributed by atoms with van der Waals surface area (Å²) in [5.74, 6) is 0.0540. The van der Waals surface area contributed by atoms with E-state index in [0.717, 1.165) is 41.7 Å². The Bertz CT molecular complexity index is 459. The molecule has 1 aliphatic rings. The minimum atomic E-state index is -0.420. The molecular formula is C15H21BrN2O2. The van der Waals surface area contributed by atoms with Crippen LogP contribution in [0.15, 0.2) is 22.7 Å². The second-order valence-corrected chi connectivity index (χ2v) is 6.35. The van der Waals surface area contributed by atoms with Crippen LogP contribution in [0.1, 0.15) is 18.4 Å². The predicted octanol–water partition coefficient (Wildman–Crippen LogP) is 2.71. The van der Waals surface area contributed by atoms with Crippen LogP contribution in [0.2, 0.25) is 0 Å². The smallest absolute Gasteiger partial charge is 0.233 e. The van der Waals surface area contributed by atoms with Gasteiger partial charge >= 0.3 is 0 Å². The molecule has 2 N–H and O–H groups in total. The summed E-state index contributed by atoms with van der Waals surface area (Å²) in [6.07, 6.45) is 1.61. The van der Waals surface area contributed by atoms with Crippen molar-refractivity contribution < 1.29 is 9.53 Å². The zero-order valence-corrected chi connectivity index (χ0v) is 13.5. The van der Waals surface area contributed by atoms with Crippen LogP contribution in [-0.4, -0.2) is 32.7 Å². The van der Waals surface area contributed by atoms with Crippen LogP contribution < -0.4 is 10.6 Å². The van der Waals surface area contributed by atoms with Gasteiger partial charge in [-0.05, 0) is 56.6 Å². The summed E-state index contributed by atoms with van der Waals surface area (Å²) in [5.41, 5.74) is 1.52. The molecule has 0 unspecified atom stereocenters. The Kier molecular flexibility index (Phi) is 5.18. The lowest BCUT2D eigenvalue weighted by molar-refractivity contribution is -0.130. The molecule has 1 aromatic rings. The van der Waals surface area contributed by atoms with E-state index in [1.54, 1.807) is 7.11 Å². The van der Waals surface area contributed by atoms with Gasteiger partial charge < -0.3 is 15.4 Å². The van der Waals surface area contributed by atoms with Crippen molar-refractivity contribution in [1.82, 2.24) is 5.32 Å². The molecule has 1 heterocycles. The van der Waals surface area contributed by atoms with E-state index in [2.05, 4.69) is 26.6 Å². The van der Waals surface area contributed by atoms with Crippen LogP contribution in [0.25, 0.3) is 0 Å². The van der Waals surface area contributed by atoms with Crippen molar-refractivity contribution >= 4 is 27.5 Å². The third-order valence-corrected chi connectivity index (χ3v) is 4.22. The maximum absolute atomic E-state index is 12.7. The SMILES string of the molecule is COCC1(C(=O)Nc2cc(C)cc(Br)c2)CCNCC1. The first-order valence-electron chi connectivity index (χ1n) is 6.84. The third-order valence-electron chi connectivity index (χ3n) is 3.76. The van der Waals surface area contributed by atoms with Gasteiger partial charge in [-0.2, -0.15) is 0 Å². The van der Waals surface area contributed by atoms with Crippen LogP contribution in [0.5, 0.6) is 0 Å². The van der Waals surface area contributed by atoms with Crippen molar-refractivity contribution in [3.05, 3.63) is 28.2 Å². The lowest BCUT2D eigenvalue weighted by Gasteiger charge is -2.35. The lowest BCUT2D eigenvalue weighted by atomic mass is 9.78. The Morgan fingerprint density at radius 3 is 2.70 bits per heavy atom. The normalized spacial score (nSPS) is 17.8. The maximum Gasteiger partial charge on any atom is 0.233 e. The molecule has 1 aliphatic heterocycles. The number of benzene rings is 1. The number of halogens is 1. The lowest BCUT2D eigenvalue weighted by Crippen LogP contribution is -2.47. The fourth-order valence-electron chi connectivity index (χ4n) is 2.69. The average Bonchev–Trinajstić information content (AvgIpc) is 2.38. The van der Waals surface area contributed by atoms with Crippen LogP contribution in [0.3, 0.4) is 0 Å². The number of carbonyl (C=O) groups is 1. The van der Waals surface area contributed by atoms with Gasteiger partial charge in [0.15, 0.2) is 0 Å². The van der Waals surface area contributed by atoms with Crippen LogP contribution in [-0.2, 0) is 9.53 Å². The molecule has 0 spiro atoms. The quantitative estimate of drug-likeness (QED) is 0.885. The van der Waals surface area contributed by atoms with E-state index in [4.69, 9.17) is 4.74 Å². The Balaban J connectivity index is 2.15. The molecule has 20 heavy (non-hydrogen) atoms. The first-order chi connectivity index (χ1) is 9.55. The van der Waals surface area contributed by atoms with Crippen molar-refractivity contribution in [2.24, 2.45) is 5.41 Å². The van der Waals surface area contributed by atoms with E-state index in [1.807, 2.05) is 25.1 Å². The summed E-state index contributed by atoms with van der Waals surface area (Å²) in [7, 11) is 1.65. The molecule has 0 atom stereocenters. The number of piperidine rings is 1. The van der Waals surface area contributed by atoms with Crippen molar-refractivity contribution in [3.8, 4) is 0 Å². The molecule has 5 heteroatoms. The van der Waals surface area contributed by atoms with Crippen molar-refractivity contribution in [3.63, 3.8) is 0 Å². The standard InChI is InChI=1S/C15H21BrN2O2/c1-11-7-12(16)9-13(8-11)18-14(19)15(10-20-2)3-5-17-6-4-15/h7-9,17H,3-6,10H2,1-2H3,(H,18,19). The molecule has 1 saturated heterocycles. The molecule has 110 valence electrons. The second kappa shape index (κ2) is 6.70. The number of hydrogen-bond acceptors (Lipinski definition) is 3. The van der Waals surface area contributed by atoms with Crippen molar-refractivity contribution in [2.45, 2.75) is 19.8 Å². The molecule has 0 radical (unpaired) electrons. The number of rotatable bonds is 4. The zero-order valence-electron chi connectivity index (χ0n) is 12.0. The highest BCUT2D eigenvalue weighted by molar-refractivity contribution is 9.10. The van der Waals surface area contributed by atoms with E-state index < -0.39 is 5.41 Å². The number of ether oxygens (including phenoxy) is 1. The Morgan fingerprint density at radius 1 is 1.40 bits per heavy atom. The molecule has 4 nitrogen and oxygen atoms in total. The van der Waals surface area contributed by atoms with Crippen LogP contribution >= 0.6 is 15.9 Å². The number of carbonyl (C=O) groups excluding carboxylic acids is 1. The molecule has 0 aromatic heterocycles. The topological polar surface area (TPSA) is 50.4 Å². The van der Waals surface area contributed by atoms with Gasteiger partial charge in [-0.1, -0.05) is 15.9 Å². The summed E-state index contributed by atoms with van der Waals surface area (Å²) >= 11 is 3.46. The maximum atomic E-state index is 12.7. The minimum absolute atomic E-state index is 0.0540. The van der Waals surface area contributed by atoms with Gasteiger partial charge in [0.2, 0.25) is 5.91 Å². The predicted molar refractivity (Wildman–Crippen MR) is 83.9 cm³/mol. The highest BCUT2D eigenvalue weighted by Gasteiger charge is 2.39. The summed E-state index contributed by atoms with van der Waals surface area (Å²) in [6.45, 7) is 4.19. The van der Waals surface area contributed by atoms with Gasteiger partial charge in [0, 0.05) is 17.3 Å². The monoisotopic (exact) mass is 340 g/mol. The van der Waals surface area contributed by atoms with Gasteiger partial charge in [-0.3, -0.25) is 4.79 Å². The summed E-state index contributed by atoms with van der Waals surface area (Å²) in [6, 6.07) is 5.92. The molecule has 2 rings (SSSR count). The van der Waals surface area contributed by atoms with E-state index >= 15 is 0 Å². The molecule has 1 fully saturated rings. The van der Waals surface area contributed by atoms with Crippen molar-refractivity contribution in [2.75, 3.05) is 32.1 Å². The van der Waals surface area contributed by atoms with E-state index in [0.29, 0.717) is 6.61 Å². The number of methoxy groups -OCH3 is 1. The van der Waals surface area contributed by atoms with Crippen LogP contribution in [0.4, 0.5) is 5.69 Å². The molecule has 1 amide bonds. The third kappa shape index (κ3) is 3.59. The first kappa shape index (κ1) is 15.5. The Labute approximate surface area is 128 Å². The van der Waals surface area contributed by atoms with Crippen LogP contribution in [0, 0.1) is 12.3 Å². The molecule has 0 bridgehead atoms. The summed E-state index contributed by atoms with van der Waals surface area (Å²) in [5, 5.41) is 6.33. The molecule has 1 aromatic carbocycles. The highest BCUT2D eigenvalue weighted by Crippen LogP contribution is 2.31. The summed E-state index contributed by atoms with van der Waals surface area (Å²) in [4.78, 5) is 12.7. The van der Waals surface area contributed by atoms with Crippen molar-refractivity contribution in [1.29, 1.82) is 0 Å². The highest BCUT2D eigenvalue weighted by atomic mass is 79.9. The fourth-order valence-corrected chi connectivity index (χ4v) is 3.30. The van der Waals surface area contributed by atoms with Gasteiger partial charge in [0.25, 0.3) is 0 Å². The molecule has 0 saturated carbocycles. The van der Waals surface area contributed by atoms with E-state index in [1.165, 1.54) is 0 Å². The van der Waals surface area contributed by atoms with E-state index in [9.17, 15) is 4.79 Å². The number of anilines is 1. The van der Waals surface area contributed by atoms with Gasteiger partial charge in [0.1, 0.15) is 0 Å². The number of hydrogen-bond donors (Lipinski definition) is 2. The largest absolute Gasteiger partial charge is 0.384 e. The minimum Gasteiger partial charge on any atom is -0.384 e. The number of nitrogens with one attached hydrogen (secondary N) is 2. The Hall–Kier alpha value is -0.910. The Morgan fingerprint density at radius 2 is 2.10 bits per heavy atom. The first-order valence-corrected chi connectivity index (χ1v) is 7.63. The summed E-state index contributed by atoms with van der Waals surface area (Å²) < 4.78 is 6.26. The van der Waals surface area contributed by atoms with Gasteiger partial charge in [-0.25, -0.2) is 0 Å². The van der Waals surface area contributed by atoms with Gasteiger partial charge in [-0.15, -0.1) is 0 Å². The molecular weight excluding hydrogens is 320 g/mol.